The van der Waals surface area contributed by atoms with Gasteiger partial charge in [0.1, 0.15) is 11.3 Å². The molecule has 156 valence electrons. The SMILES string of the molecule is CCN(CCN(CC)c1ncccc1Br)c1nc2c(Cl)cc(C(F)(F)F)cc2[nH]1. The van der Waals surface area contributed by atoms with Crippen LogP contribution in [0, 0.1) is 0 Å². The van der Waals surface area contributed by atoms with Crippen LogP contribution in [0.3, 0.4) is 0 Å². The number of aromatic amines is 1. The number of halogens is 5. The second-order valence-electron chi connectivity index (χ2n) is 6.38. The first-order valence-corrected chi connectivity index (χ1v) is 10.3. The third-order valence-electron chi connectivity index (χ3n) is 4.60. The molecule has 0 radical (unpaired) electrons. The molecule has 1 aromatic carbocycles. The summed E-state index contributed by atoms with van der Waals surface area (Å²) in [5, 5.41) is -0.0269. The molecule has 2 aromatic heterocycles. The smallest absolute Gasteiger partial charge is 0.354 e. The van der Waals surface area contributed by atoms with Gasteiger partial charge in [0.15, 0.2) is 0 Å². The van der Waals surface area contributed by atoms with Gasteiger partial charge in [0, 0.05) is 32.4 Å². The number of nitrogens with zero attached hydrogens (tertiary/aromatic N) is 4. The van der Waals surface area contributed by atoms with E-state index < -0.39 is 11.7 Å². The van der Waals surface area contributed by atoms with Gasteiger partial charge >= 0.3 is 6.18 Å². The van der Waals surface area contributed by atoms with Crippen molar-refractivity contribution in [2.75, 3.05) is 36.0 Å². The van der Waals surface area contributed by atoms with Crippen LogP contribution in [0.15, 0.2) is 34.9 Å². The highest BCUT2D eigenvalue weighted by Gasteiger charge is 2.32. The minimum atomic E-state index is -4.47. The molecule has 1 N–H and O–H groups in total. The molecule has 0 aliphatic rings. The molecule has 0 aliphatic heterocycles. The van der Waals surface area contributed by atoms with E-state index in [1.807, 2.05) is 30.9 Å². The Morgan fingerprint density at radius 3 is 2.45 bits per heavy atom. The van der Waals surface area contributed by atoms with E-state index >= 15 is 0 Å². The summed E-state index contributed by atoms with van der Waals surface area (Å²) in [7, 11) is 0. The normalized spacial score (nSPS) is 11.8. The van der Waals surface area contributed by atoms with Gasteiger partial charge in [0.25, 0.3) is 0 Å². The summed E-state index contributed by atoms with van der Waals surface area (Å²) in [6.07, 6.45) is -2.73. The van der Waals surface area contributed by atoms with Crippen LogP contribution >= 0.6 is 27.5 Å². The minimum absolute atomic E-state index is 0.0269. The largest absolute Gasteiger partial charge is 0.416 e. The predicted octanol–water partition coefficient (Wildman–Crippen LogP) is 5.75. The number of imidazole rings is 1. The molecule has 0 unspecified atom stereocenters. The van der Waals surface area contributed by atoms with E-state index in [0.29, 0.717) is 31.1 Å². The summed E-state index contributed by atoms with van der Waals surface area (Å²) in [5.74, 6) is 1.33. The maximum Gasteiger partial charge on any atom is 0.416 e. The average molecular weight is 491 g/mol. The molecule has 0 aliphatic carbocycles. The Balaban J connectivity index is 1.83. The topological polar surface area (TPSA) is 48.1 Å². The van der Waals surface area contributed by atoms with Gasteiger partial charge < -0.3 is 14.8 Å². The Morgan fingerprint density at radius 1 is 1.14 bits per heavy atom. The number of likely N-dealkylation sites (N-methyl/N-ethyl adjacent to an activating group) is 2. The summed E-state index contributed by atoms with van der Waals surface area (Å²) < 4.78 is 40.1. The molecule has 0 fully saturated rings. The lowest BCUT2D eigenvalue weighted by molar-refractivity contribution is -0.137. The van der Waals surface area contributed by atoms with Gasteiger partial charge in [-0.3, -0.25) is 0 Å². The van der Waals surface area contributed by atoms with Crippen molar-refractivity contribution in [2.24, 2.45) is 0 Å². The summed E-state index contributed by atoms with van der Waals surface area (Å²) in [4.78, 5) is 15.9. The fourth-order valence-corrected chi connectivity index (χ4v) is 3.82. The number of anilines is 2. The standard InChI is InChI=1S/C19H20BrClF3N5/c1-3-28(17-13(20)6-5-7-25-17)8-9-29(4-2)18-26-15-11-12(19(22,23)24)10-14(21)16(15)27-18/h5-7,10-11H,3-4,8-9H2,1-2H3,(H,26,27). The molecule has 0 amide bonds. The molecular formula is C19H20BrClF3N5. The van der Waals surface area contributed by atoms with Crippen molar-refractivity contribution in [1.29, 1.82) is 0 Å². The third kappa shape index (κ3) is 4.78. The number of H-pyrrole nitrogens is 1. The van der Waals surface area contributed by atoms with Crippen LogP contribution in [-0.2, 0) is 6.18 Å². The van der Waals surface area contributed by atoms with Gasteiger partial charge in [-0.05, 0) is 54.0 Å². The summed E-state index contributed by atoms with van der Waals surface area (Å²) in [6, 6.07) is 5.73. The first-order valence-electron chi connectivity index (χ1n) is 9.11. The van der Waals surface area contributed by atoms with Crippen molar-refractivity contribution in [3.63, 3.8) is 0 Å². The first-order chi connectivity index (χ1) is 13.7. The quantitative estimate of drug-likeness (QED) is 0.458. The highest BCUT2D eigenvalue weighted by molar-refractivity contribution is 9.10. The Morgan fingerprint density at radius 2 is 1.83 bits per heavy atom. The zero-order valence-electron chi connectivity index (χ0n) is 15.9. The molecule has 29 heavy (non-hydrogen) atoms. The molecule has 3 rings (SSSR count). The number of fused-ring (bicyclic) bond motifs is 1. The Kier molecular flexibility index (Phi) is 6.58. The number of aromatic nitrogens is 3. The maximum atomic E-state index is 13.1. The van der Waals surface area contributed by atoms with Crippen LogP contribution in [0.2, 0.25) is 5.02 Å². The van der Waals surface area contributed by atoms with Gasteiger partial charge in [-0.1, -0.05) is 11.6 Å². The predicted molar refractivity (Wildman–Crippen MR) is 114 cm³/mol. The van der Waals surface area contributed by atoms with Crippen LogP contribution in [-0.4, -0.2) is 41.1 Å². The highest BCUT2D eigenvalue weighted by atomic mass is 79.9. The molecule has 0 atom stereocenters. The molecule has 3 aromatic rings. The average Bonchev–Trinajstić information content (AvgIpc) is 3.10. The van der Waals surface area contributed by atoms with Gasteiger partial charge in [-0.15, -0.1) is 0 Å². The Labute approximate surface area is 180 Å². The van der Waals surface area contributed by atoms with E-state index in [9.17, 15) is 13.2 Å². The van der Waals surface area contributed by atoms with E-state index in [1.165, 1.54) is 0 Å². The summed E-state index contributed by atoms with van der Waals surface area (Å²) in [5.41, 5.74) is -0.212. The molecule has 5 nitrogen and oxygen atoms in total. The van der Waals surface area contributed by atoms with Crippen molar-refractivity contribution in [2.45, 2.75) is 20.0 Å². The molecule has 0 spiro atoms. The Hall–Kier alpha value is -2.00. The Bertz CT molecular complexity index is 992. The lowest BCUT2D eigenvalue weighted by Crippen LogP contribution is -2.36. The van der Waals surface area contributed by atoms with Gasteiger partial charge in [0.2, 0.25) is 5.95 Å². The number of benzene rings is 1. The van der Waals surface area contributed by atoms with E-state index in [-0.39, 0.29) is 10.5 Å². The van der Waals surface area contributed by atoms with Crippen LogP contribution in [0.5, 0.6) is 0 Å². The van der Waals surface area contributed by atoms with Gasteiger partial charge in [-0.25, -0.2) is 9.97 Å². The van der Waals surface area contributed by atoms with Crippen molar-refractivity contribution < 1.29 is 13.2 Å². The number of hydrogen-bond donors (Lipinski definition) is 1. The molecule has 2 heterocycles. The van der Waals surface area contributed by atoms with Crippen LogP contribution in [0.1, 0.15) is 19.4 Å². The van der Waals surface area contributed by atoms with Crippen LogP contribution in [0.25, 0.3) is 11.0 Å². The number of rotatable bonds is 7. The number of hydrogen-bond acceptors (Lipinski definition) is 4. The van der Waals surface area contributed by atoms with Crippen LogP contribution in [0.4, 0.5) is 24.9 Å². The maximum absolute atomic E-state index is 13.1. The van der Waals surface area contributed by atoms with Crippen molar-refractivity contribution >= 4 is 50.3 Å². The zero-order valence-corrected chi connectivity index (χ0v) is 18.2. The summed E-state index contributed by atoms with van der Waals surface area (Å²) in [6.45, 7) is 6.66. The fraction of sp³-hybridized carbons (Fsp3) is 0.368. The van der Waals surface area contributed by atoms with E-state index in [0.717, 1.165) is 29.0 Å². The number of nitrogens with one attached hydrogen (secondary N) is 1. The van der Waals surface area contributed by atoms with Gasteiger partial charge in [-0.2, -0.15) is 13.2 Å². The summed E-state index contributed by atoms with van der Waals surface area (Å²) >= 11 is 9.57. The van der Waals surface area contributed by atoms with Gasteiger partial charge in [0.05, 0.1) is 20.6 Å². The lowest BCUT2D eigenvalue weighted by Gasteiger charge is -2.27. The minimum Gasteiger partial charge on any atom is -0.354 e. The van der Waals surface area contributed by atoms with E-state index in [1.54, 1.807) is 6.20 Å². The van der Waals surface area contributed by atoms with E-state index in [4.69, 9.17) is 11.6 Å². The second-order valence-corrected chi connectivity index (χ2v) is 7.64. The highest BCUT2D eigenvalue weighted by Crippen LogP contribution is 2.35. The first kappa shape index (κ1) is 21.7. The molecule has 10 heteroatoms. The van der Waals surface area contributed by atoms with Crippen molar-refractivity contribution in [3.8, 4) is 0 Å². The monoisotopic (exact) mass is 489 g/mol. The zero-order chi connectivity index (χ0) is 21.2. The molecule has 0 saturated heterocycles. The van der Waals surface area contributed by atoms with E-state index in [2.05, 4.69) is 35.8 Å². The fourth-order valence-electron chi connectivity index (χ4n) is 3.05. The van der Waals surface area contributed by atoms with Crippen LogP contribution < -0.4 is 9.80 Å². The number of pyridine rings is 1. The molecule has 0 bridgehead atoms. The number of alkyl halides is 3. The van der Waals surface area contributed by atoms with Crippen molar-refractivity contribution in [1.82, 2.24) is 15.0 Å². The second kappa shape index (κ2) is 8.79. The van der Waals surface area contributed by atoms with Crippen molar-refractivity contribution in [3.05, 3.63) is 45.5 Å². The molecular weight excluding hydrogens is 471 g/mol. The third-order valence-corrected chi connectivity index (χ3v) is 5.50. The lowest BCUT2D eigenvalue weighted by atomic mass is 10.2. The molecule has 0 saturated carbocycles.